The molecule has 2 aromatic rings. The number of methoxy groups -OCH3 is 1. The van der Waals surface area contributed by atoms with Crippen LogP contribution < -0.4 is 5.14 Å². The molecule has 3 N–H and O–H groups in total. The number of hydrogen-bond acceptors (Lipinski definition) is 7. The van der Waals surface area contributed by atoms with Gasteiger partial charge in [-0.25, -0.2) is 14.3 Å². The van der Waals surface area contributed by atoms with E-state index in [2.05, 4.69) is 14.3 Å². The molecule has 8 nitrogen and oxygen atoms in total. The number of amides is 1. The van der Waals surface area contributed by atoms with Crippen LogP contribution in [0.4, 0.5) is 0 Å². The van der Waals surface area contributed by atoms with Crippen LogP contribution in [-0.2, 0) is 38.1 Å². The first-order valence-corrected chi connectivity index (χ1v) is 12.4. The topological polar surface area (TPSA) is 128 Å². The number of carbonyl (C=O) groups excluding carboxylic acids is 1. The lowest BCUT2D eigenvalue weighted by atomic mass is 9.90. The summed E-state index contributed by atoms with van der Waals surface area (Å²) in [5, 5.41) is 16.0. The lowest BCUT2D eigenvalue weighted by molar-refractivity contribution is -0.117. The molecule has 0 spiro atoms. The molecule has 0 aliphatic carbocycles. The maximum Gasteiger partial charge on any atom is 0.259 e. The predicted octanol–water partition coefficient (Wildman–Crippen LogP) is 3.63. The molecule has 1 amide bonds. The van der Waals surface area contributed by atoms with Gasteiger partial charge in [0.15, 0.2) is 9.92 Å². The van der Waals surface area contributed by atoms with Crippen LogP contribution >= 0.6 is 11.3 Å². The van der Waals surface area contributed by atoms with E-state index in [0.29, 0.717) is 11.5 Å². The highest BCUT2D eigenvalue weighted by atomic mass is 32.2. The van der Waals surface area contributed by atoms with Crippen LogP contribution in [-0.4, -0.2) is 32.3 Å². The standard InChI is InChI=1S/C21H32N4O4S2/c1-12(2)15-8-14(11-29-7)24-19(13(3)4)16(15)9-18(26)25-31(22,28)20-23-10-17(30-20)21(5,6)27/h8,10,12-13,27H,9,11H2,1-7H3,(H2,22,25,26,28). The molecule has 31 heavy (non-hydrogen) atoms. The summed E-state index contributed by atoms with van der Waals surface area (Å²) < 4.78 is 22.0. The van der Waals surface area contributed by atoms with Crippen molar-refractivity contribution in [1.82, 2.24) is 9.97 Å². The second-order valence-corrected chi connectivity index (χ2v) is 11.6. The van der Waals surface area contributed by atoms with Crippen molar-refractivity contribution >= 4 is 27.2 Å². The largest absolute Gasteiger partial charge is 0.385 e. The highest BCUT2D eigenvalue weighted by Crippen LogP contribution is 2.30. The number of thiazole rings is 1. The molecule has 2 heterocycles. The molecule has 172 valence electrons. The van der Waals surface area contributed by atoms with Gasteiger partial charge in [-0.1, -0.05) is 27.7 Å². The zero-order valence-corrected chi connectivity index (χ0v) is 20.8. The van der Waals surface area contributed by atoms with Crippen molar-refractivity contribution in [2.24, 2.45) is 9.50 Å². The molecule has 2 aromatic heterocycles. The number of aromatic nitrogens is 2. The second kappa shape index (κ2) is 9.83. The maximum absolute atomic E-state index is 12.9. The predicted molar refractivity (Wildman–Crippen MR) is 122 cm³/mol. The monoisotopic (exact) mass is 468 g/mol. The molecule has 0 saturated heterocycles. The van der Waals surface area contributed by atoms with E-state index in [-0.39, 0.29) is 22.6 Å². The number of ether oxygens (including phenoxy) is 1. The summed E-state index contributed by atoms with van der Waals surface area (Å²) in [6.45, 7) is 11.7. The Morgan fingerprint density at radius 1 is 1.32 bits per heavy atom. The van der Waals surface area contributed by atoms with Crippen molar-refractivity contribution in [3.8, 4) is 0 Å². The van der Waals surface area contributed by atoms with E-state index >= 15 is 0 Å². The Labute approximate surface area is 188 Å². The van der Waals surface area contributed by atoms with E-state index < -0.39 is 21.4 Å². The Balaban J connectivity index is 2.46. The van der Waals surface area contributed by atoms with Gasteiger partial charge in [0.1, 0.15) is 0 Å². The van der Waals surface area contributed by atoms with E-state index in [1.165, 1.54) is 6.20 Å². The fourth-order valence-electron chi connectivity index (χ4n) is 3.13. The lowest BCUT2D eigenvalue weighted by Crippen LogP contribution is -2.17. The van der Waals surface area contributed by atoms with Crippen molar-refractivity contribution in [3.05, 3.63) is 39.7 Å². The summed E-state index contributed by atoms with van der Waals surface area (Å²) in [5.74, 6) is -0.375. The van der Waals surface area contributed by atoms with Gasteiger partial charge in [-0.2, -0.15) is 0 Å². The molecular formula is C21H32N4O4S2. The molecule has 0 aliphatic heterocycles. The smallest absolute Gasteiger partial charge is 0.259 e. The van der Waals surface area contributed by atoms with Gasteiger partial charge < -0.3 is 9.84 Å². The lowest BCUT2D eigenvalue weighted by Gasteiger charge is -2.19. The van der Waals surface area contributed by atoms with Crippen LogP contribution in [0.1, 0.15) is 80.8 Å². The quantitative estimate of drug-likeness (QED) is 0.609. The van der Waals surface area contributed by atoms with Crippen molar-refractivity contribution in [2.75, 3.05) is 7.11 Å². The van der Waals surface area contributed by atoms with Crippen molar-refractivity contribution in [1.29, 1.82) is 0 Å². The minimum absolute atomic E-state index is 0.0136. The average Bonchev–Trinajstić information content (AvgIpc) is 3.13. The number of aliphatic hydroxyl groups is 1. The minimum atomic E-state index is -3.52. The summed E-state index contributed by atoms with van der Waals surface area (Å²) in [4.78, 5) is 22.0. The summed E-state index contributed by atoms with van der Waals surface area (Å²) in [5.41, 5.74) is 2.21. The Bertz CT molecular complexity index is 1030. The molecule has 0 saturated carbocycles. The molecule has 2 rings (SSSR count). The number of pyridine rings is 1. The van der Waals surface area contributed by atoms with Crippen LogP contribution in [0.5, 0.6) is 0 Å². The fourth-order valence-corrected chi connectivity index (χ4v) is 5.28. The van der Waals surface area contributed by atoms with Gasteiger partial charge in [-0.15, -0.1) is 15.7 Å². The molecule has 0 aliphatic rings. The van der Waals surface area contributed by atoms with Gasteiger partial charge in [-0.05, 0) is 42.9 Å². The van der Waals surface area contributed by atoms with Gasteiger partial charge in [0.2, 0.25) is 4.34 Å². The first-order chi connectivity index (χ1) is 14.3. The maximum atomic E-state index is 12.9. The SMILES string of the molecule is COCc1cc(C(C)C)c(CC(=O)N=S(N)(=O)c2ncc(C(C)(C)O)s2)c(C(C)C)n1. The zero-order valence-electron chi connectivity index (χ0n) is 19.1. The van der Waals surface area contributed by atoms with Crippen LogP contribution in [0.3, 0.4) is 0 Å². The zero-order chi connectivity index (χ0) is 23.6. The molecule has 10 heteroatoms. The summed E-state index contributed by atoms with van der Waals surface area (Å²) in [6.07, 6.45) is 1.35. The molecule has 0 radical (unpaired) electrons. The van der Waals surface area contributed by atoms with Crippen molar-refractivity contribution < 1.29 is 18.8 Å². The van der Waals surface area contributed by atoms with Crippen molar-refractivity contribution in [3.63, 3.8) is 0 Å². The van der Waals surface area contributed by atoms with Gasteiger partial charge >= 0.3 is 0 Å². The Hall–Kier alpha value is -1.72. The minimum Gasteiger partial charge on any atom is -0.385 e. The molecular weight excluding hydrogens is 436 g/mol. The first kappa shape index (κ1) is 25.5. The molecule has 1 atom stereocenters. The second-order valence-electron chi connectivity index (χ2n) is 8.59. The molecule has 0 aromatic carbocycles. The number of carbonyl (C=O) groups is 1. The van der Waals surface area contributed by atoms with Crippen molar-refractivity contribution in [2.45, 2.75) is 76.3 Å². The van der Waals surface area contributed by atoms with Crippen LogP contribution in [0.15, 0.2) is 21.0 Å². The first-order valence-electron chi connectivity index (χ1n) is 10.0. The summed E-state index contributed by atoms with van der Waals surface area (Å²) in [7, 11) is -1.91. The fraction of sp³-hybridized carbons (Fsp3) is 0.571. The molecule has 1 unspecified atom stereocenters. The van der Waals surface area contributed by atoms with E-state index in [4.69, 9.17) is 9.88 Å². The summed E-state index contributed by atoms with van der Waals surface area (Å²) in [6, 6.07) is 1.94. The van der Waals surface area contributed by atoms with Gasteiger partial charge in [0, 0.05) is 19.0 Å². The van der Waals surface area contributed by atoms with Gasteiger partial charge in [-0.3, -0.25) is 9.78 Å². The molecule has 0 bridgehead atoms. The Morgan fingerprint density at radius 3 is 2.45 bits per heavy atom. The number of hydrogen-bond donors (Lipinski definition) is 2. The summed E-state index contributed by atoms with van der Waals surface area (Å²) >= 11 is 0.985. The van der Waals surface area contributed by atoms with E-state index in [1.54, 1.807) is 21.0 Å². The molecule has 0 fully saturated rings. The van der Waals surface area contributed by atoms with E-state index in [1.807, 2.05) is 33.8 Å². The van der Waals surface area contributed by atoms with E-state index in [9.17, 15) is 14.1 Å². The number of rotatable bonds is 8. The van der Waals surface area contributed by atoms with Crippen LogP contribution in [0.2, 0.25) is 0 Å². The third kappa shape index (κ3) is 6.39. The van der Waals surface area contributed by atoms with Crippen LogP contribution in [0, 0.1) is 0 Å². The highest BCUT2D eigenvalue weighted by Gasteiger charge is 2.24. The highest BCUT2D eigenvalue weighted by molar-refractivity contribution is 7.93. The van der Waals surface area contributed by atoms with Gasteiger partial charge in [0.05, 0.1) is 29.2 Å². The van der Waals surface area contributed by atoms with Gasteiger partial charge in [0.25, 0.3) is 5.91 Å². The van der Waals surface area contributed by atoms with E-state index in [0.717, 1.165) is 33.9 Å². The normalized spacial score (nSPS) is 14.2. The Morgan fingerprint density at radius 2 is 1.97 bits per heavy atom. The van der Waals surface area contributed by atoms with Crippen LogP contribution in [0.25, 0.3) is 0 Å². The third-order valence-electron chi connectivity index (χ3n) is 4.61. The number of nitrogens with two attached hydrogens (primary N) is 1. The average molecular weight is 469 g/mol. The number of nitrogens with zero attached hydrogens (tertiary/aromatic N) is 3. The third-order valence-corrected chi connectivity index (χ3v) is 7.76. The Kier molecular flexibility index (Phi) is 8.10.